The first-order valence-electron chi connectivity index (χ1n) is 8.32. The van der Waals surface area contributed by atoms with E-state index in [9.17, 15) is 14.7 Å². The first-order chi connectivity index (χ1) is 11.0. The molecule has 126 valence electrons. The Kier molecular flexibility index (Phi) is 5.77. The van der Waals surface area contributed by atoms with E-state index in [4.69, 9.17) is 0 Å². The van der Waals surface area contributed by atoms with Crippen molar-refractivity contribution < 1.29 is 14.7 Å². The van der Waals surface area contributed by atoms with E-state index in [-0.39, 0.29) is 18.4 Å². The van der Waals surface area contributed by atoms with Crippen LogP contribution in [0.25, 0.3) is 0 Å². The van der Waals surface area contributed by atoms with Crippen molar-refractivity contribution in [2.45, 2.75) is 51.2 Å². The smallest absolute Gasteiger partial charge is 0.254 e. The SMILES string of the molecule is CCCC(O)CNC(=O)C1(C)CCCN1C(=O)c1ccccc1. The molecular formula is C18H26N2O3. The van der Waals surface area contributed by atoms with Gasteiger partial charge in [-0.15, -0.1) is 0 Å². The quantitative estimate of drug-likeness (QED) is 0.842. The lowest BCUT2D eigenvalue weighted by Crippen LogP contribution is -2.56. The van der Waals surface area contributed by atoms with E-state index in [0.29, 0.717) is 24.9 Å². The molecule has 23 heavy (non-hydrogen) atoms. The number of amides is 2. The Balaban J connectivity index is 2.06. The fourth-order valence-corrected chi connectivity index (χ4v) is 3.10. The molecule has 5 heteroatoms. The summed E-state index contributed by atoms with van der Waals surface area (Å²) in [6.45, 7) is 4.61. The maximum Gasteiger partial charge on any atom is 0.254 e. The van der Waals surface area contributed by atoms with Gasteiger partial charge in [-0.25, -0.2) is 0 Å². The van der Waals surface area contributed by atoms with Crippen LogP contribution in [0.3, 0.4) is 0 Å². The molecular weight excluding hydrogens is 292 g/mol. The highest BCUT2D eigenvalue weighted by molar-refractivity contribution is 5.99. The summed E-state index contributed by atoms with van der Waals surface area (Å²) in [5.41, 5.74) is -0.252. The van der Waals surface area contributed by atoms with Crippen LogP contribution in [0.2, 0.25) is 0 Å². The fourth-order valence-electron chi connectivity index (χ4n) is 3.10. The van der Waals surface area contributed by atoms with Gasteiger partial charge in [0, 0.05) is 18.7 Å². The Morgan fingerprint density at radius 1 is 1.35 bits per heavy atom. The Morgan fingerprint density at radius 3 is 2.70 bits per heavy atom. The van der Waals surface area contributed by atoms with Crippen LogP contribution in [0.5, 0.6) is 0 Å². The van der Waals surface area contributed by atoms with Gasteiger partial charge in [0.15, 0.2) is 0 Å². The van der Waals surface area contributed by atoms with Crippen molar-refractivity contribution in [3.8, 4) is 0 Å². The van der Waals surface area contributed by atoms with E-state index in [0.717, 1.165) is 12.8 Å². The maximum absolute atomic E-state index is 12.7. The third kappa shape index (κ3) is 3.91. The number of nitrogens with one attached hydrogen (secondary N) is 1. The van der Waals surface area contributed by atoms with E-state index in [1.807, 2.05) is 32.0 Å². The first-order valence-corrected chi connectivity index (χ1v) is 8.32. The number of nitrogens with zero attached hydrogens (tertiary/aromatic N) is 1. The van der Waals surface area contributed by atoms with E-state index >= 15 is 0 Å². The molecule has 2 atom stereocenters. The summed E-state index contributed by atoms with van der Waals surface area (Å²) in [6.07, 6.45) is 2.44. The Hall–Kier alpha value is -1.88. The van der Waals surface area contributed by atoms with E-state index in [1.54, 1.807) is 17.0 Å². The molecule has 1 aliphatic rings. The number of carbonyl (C=O) groups excluding carboxylic acids is 2. The van der Waals surface area contributed by atoms with Gasteiger partial charge in [-0.2, -0.15) is 0 Å². The predicted octanol–water partition coefficient (Wildman–Crippen LogP) is 1.96. The molecule has 1 heterocycles. The van der Waals surface area contributed by atoms with Crippen molar-refractivity contribution in [3.05, 3.63) is 35.9 Å². The van der Waals surface area contributed by atoms with Crippen molar-refractivity contribution in [2.75, 3.05) is 13.1 Å². The molecule has 0 aliphatic carbocycles. The lowest BCUT2D eigenvalue weighted by Gasteiger charge is -2.34. The Morgan fingerprint density at radius 2 is 2.04 bits per heavy atom. The molecule has 2 N–H and O–H groups in total. The fraction of sp³-hybridized carbons (Fsp3) is 0.556. The summed E-state index contributed by atoms with van der Waals surface area (Å²) in [5.74, 6) is -0.302. The van der Waals surface area contributed by atoms with Crippen LogP contribution in [-0.2, 0) is 4.79 Å². The summed E-state index contributed by atoms with van der Waals surface area (Å²) in [4.78, 5) is 27.0. The number of aliphatic hydroxyl groups excluding tert-OH is 1. The van der Waals surface area contributed by atoms with Gasteiger partial charge in [-0.1, -0.05) is 31.5 Å². The number of carbonyl (C=O) groups is 2. The van der Waals surface area contributed by atoms with Crippen LogP contribution in [-0.4, -0.2) is 46.6 Å². The molecule has 0 bridgehead atoms. The molecule has 1 saturated heterocycles. The lowest BCUT2D eigenvalue weighted by molar-refractivity contribution is -0.130. The highest BCUT2D eigenvalue weighted by Gasteiger charge is 2.45. The Bertz CT molecular complexity index is 546. The Labute approximate surface area is 137 Å². The van der Waals surface area contributed by atoms with Gasteiger partial charge in [-0.3, -0.25) is 9.59 Å². The number of aliphatic hydroxyl groups is 1. The zero-order valence-corrected chi connectivity index (χ0v) is 13.9. The molecule has 2 unspecified atom stereocenters. The molecule has 5 nitrogen and oxygen atoms in total. The van der Waals surface area contributed by atoms with Gasteiger partial charge in [0.05, 0.1) is 6.10 Å². The lowest BCUT2D eigenvalue weighted by atomic mass is 9.96. The first kappa shape index (κ1) is 17.5. The summed E-state index contributed by atoms with van der Waals surface area (Å²) in [7, 11) is 0. The van der Waals surface area contributed by atoms with Crippen molar-refractivity contribution in [1.82, 2.24) is 10.2 Å². The third-order valence-electron chi connectivity index (χ3n) is 4.52. The number of hydrogen-bond donors (Lipinski definition) is 2. The molecule has 1 aromatic carbocycles. The molecule has 0 spiro atoms. The standard InChI is InChI=1S/C18H26N2O3/c1-3-8-15(21)13-19-17(23)18(2)11-7-12-20(18)16(22)14-9-5-4-6-10-14/h4-6,9-10,15,21H,3,7-8,11-13H2,1-2H3,(H,19,23). The number of rotatable bonds is 6. The summed E-state index contributed by atoms with van der Waals surface area (Å²) in [6, 6.07) is 9.04. The highest BCUT2D eigenvalue weighted by Crippen LogP contribution is 2.30. The van der Waals surface area contributed by atoms with Crippen LogP contribution in [0.1, 0.15) is 49.9 Å². The molecule has 2 amide bonds. The second-order valence-corrected chi connectivity index (χ2v) is 6.35. The van der Waals surface area contributed by atoms with Crippen molar-refractivity contribution in [2.24, 2.45) is 0 Å². The van der Waals surface area contributed by atoms with Crippen LogP contribution < -0.4 is 5.32 Å². The van der Waals surface area contributed by atoms with Crippen molar-refractivity contribution >= 4 is 11.8 Å². The third-order valence-corrected chi connectivity index (χ3v) is 4.52. The molecule has 0 saturated carbocycles. The molecule has 1 aromatic rings. The van der Waals surface area contributed by atoms with Gasteiger partial charge in [-0.05, 0) is 38.3 Å². The molecule has 2 rings (SSSR count). The minimum Gasteiger partial charge on any atom is -0.391 e. The summed E-state index contributed by atoms with van der Waals surface area (Å²) < 4.78 is 0. The van der Waals surface area contributed by atoms with Gasteiger partial charge in [0.1, 0.15) is 5.54 Å². The molecule has 1 fully saturated rings. The average molecular weight is 318 g/mol. The van der Waals surface area contributed by atoms with Crippen LogP contribution >= 0.6 is 0 Å². The largest absolute Gasteiger partial charge is 0.391 e. The van der Waals surface area contributed by atoms with Crippen molar-refractivity contribution in [3.63, 3.8) is 0 Å². The minimum atomic E-state index is -0.848. The maximum atomic E-state index is 12.7. The molecule has 0 radical (unpaired) electrons. The number of hydrogen-bond acceptors (Lipinski definition) is 3. The van der Waals surface area contributed by atoms with Gasteiger partial charge in [0.2, 0.25) is 5.91 Å². The number of likely N-dealkylation sites (tertiary alicyclic amines) is 1. The molecule has 1 aliphatic heterocycles. The molecule has 0 aromatic heterocycles. The minimum absolute atomic E-state index is 0.116. The zero-order chi connectivity index (χ0) is 16.9. The van der Waals surface area contributed by atoms with Crippen molar-refractivity contribution in [1.29, 1.82) is 0 Å². The van der Waals surface area contributed by atoms with E-state index in [1.165, 1.54) is 0 Å². The normalized spacial score (nSPS) is 22.0. The van der Waals surface area contributed by atoms with Gasteiger partial charge >= 0.3 is 0 Å². The average Bonchev–Trinajstić information content (AvgIpc) is 2.96. The van der Waals surface area contributed by atoms with Gasteiger partial charge < -0.3 is 15.3 Å². The topological polar surface area (TPSA) is 69.6 Å². The second-order valence-electron chi connectivity index (χ2n) is 6.35. The second kappa shape index (κ2) is 7.59. The van der Waals surface area contributed by atoms with Gasteiger partial charge in [0.25, 0.3) is 5.91 Å². The van der Waals surface area contributed by atoms with Crippen LogP contribution in [0.15, 0.2) is 30.3 Å². The summed E-state index contributed by atoms with van der Waals surface area (Å²) in [5, 5.41) is 12.6. The zero-order valence-electron chi connectivity index (χ0n) is 13.9. The van der Waals surface area contributed by atoms with Crippen LogP contribution in [0.4, 0.5) is 0 Å². The number of benzene rings is 1. The van der Waals surface area contributed by atoms with E-state index < -0.39 is 11.6 Å². The monoisotopic (exact) mass is 318 g/mol. The van der Waals surface area contributed by atoms with Crippen LogP contribution in [0, 0.1) is 0 Å². The summed E-state index contributed by atoms with van der Waals surface area (Å²) >= 11 is 0. The predicted molar refractivity (Wildman–Crippen MR) is 89.0 cm³/mol. The van der Waals surface area contributed by atoms with E-state index in [2.05, 4.69) is 5.32 Å². The highest BCUT2D eigenvalue weighted by atomic mass is 16.3.